The van der Waals surface area contributed by atoms with Gasteiger partial charge in [-0.05, 0) is 24.6 Å². The smallest absolute Gasteiger partial charge is 0.162 e. The highest BCUT2D eigenvalue weighted by Crippen LogP contribution is 2.27. The van der Waals surface area contributed by atoms with E-state index in [9.17, 15) is 0 Å². The van der Waals surface area contributed by atoms with Gasteiger partial charge in [0.2, 0.25) is 0 Å². The lowest BCUT2D eigenvalue weighted by atomic mass is 10.2. The lowest BCUT2D eigenvalue weighted by Crippen LogP contribution is -2.00. The molecule has 2 nitrogen and oxygen atoms in total. The van der Waals surface area contributed by atoms with E-state index in [4.69, 9.17) is 22.3 Å². The Labute approximate surface area is 90.2 Å². The number of aryl methyl sites for hydroxylation is 1. The van der Waals surface area contributed by atoms with E-state index in [1.807, 2.05) is 25.1 Å². The van der Waals surface area contributed by atoms with Crippen LogP contribution in [0.4, 0.5) is 0 Å². The van der Waals surface area contributed by atoms with Crippen molar-refractivity contribution in [2.24, 2.45) is 0 Å². The van der Waals surface area contributed by atoms with Gasteiger partial charge in [0.25, 0.3) is 0 Å². The van der Waals surface area contributed by atoms with Crippen molar-refractivity contribution in [1.82, 2.24) is 0 Å². The molecule has 0 aromatic heterocycles. The van der Waals surface area contributed by atoms with E-state index < -0.39 is 0 Å². The van der Waals surface area contributed by atoms with Crippen molar-refractivity contribution in [3.05, 3.63) is 23.8 Å². The largest absolute Gasteiger partial charge is 0.477 e. The van der Waals surface area contributed by atoms with Crippen LogP contribution in [0, 0.1) is 31.6 Å². The zero-order valence-electron chi connectivity index (χ0n) is 8.62. The molecule has 0 aliphatic carbocycles. The summed E-state index contributed by atoms with van der Waals surface area (Å²) < 4.78 is 10.6. The van der Waals surface area contributed by atoms with Gasteiger partial charge < -0.3 is 9.47 Å². The third-order valence-corrected chi connectivity index (χ3v) is 1.72. The van der Waals surface area contributed by atoms with E-state index in [1.165, 1.54) is 0 Å². The number of benzene rings is 1. The number of ether oxygens (including phenoxy) is 2. The molecule has 0 aliphatic rings. The maximum Gasteiger partial charge on any atom is 0.162 e. The minimum Gasteiger partial charge on any atom is -0.477 e. The van der Waals surface area contributed by atoms with Crippen molar-refractivity contribution in [3.8, 4) is 36.2 Å². The Morgan fingerprint density at radius 3 is 2.27 bits per heavy atom. The van der Waals surface area contributed by atoms with Crippen LogP contribution in [0.1, 0.15) is 5.56 Å². The lowest BCUT2D eigenvalue weighted by Gasteiger charge is -2.10. The molecule has 1 aromatic carbocycles. The van der Waals surface area contributed by atoms with E-state index in [0.29, 0.717) is 11.5 Å². The van der Waals surface area contributed by atoms with Crippen LogP contribution in [0.3, 0.4) is 0 Å². The van der Waals surface area contributed by atoms with Gasteiger partial charge in [0.15, 0.2) is 11.5 Å². The molecule has 76 valence electrons. The van der Waals surface area contributed by atoms with Crippen molar-refractivity contribution < 1.29 is 9.47 Å². The van der Waals surface area contributed by atoms with Crippen molar-refractivity contribution in [3.63, 3.8) is 0 Å². The Bertz CT molecular complexity index is 408. The molecule has 0 amide bonds. The second kappa shape index (κ2) is 5.62. The quantitative estimate of drug-likeness (QED) is 0.692. The predicted octanol–water partition coefficient (Wildman–Crippen LogP) is 2.02. The number of rotatable bonds is 4. The molecular formula is C13H12O2. The topological polar surface area (TPSA) is 18.5 Å². The summed E-state index contributed by atoms with van der Waals surface area (Å²) in [5, 5.41) is 0. The monoisotopic (exact) mass is 200 g/mol. The second-order valence-corrected chi connectivity index (χ2v) is 2.94. The molecule has 0 radical (unpaired) electrons. The van der Waals surface area contributed by atoms with E-state index in [1.54, 1.807) is 0 Å². The molecule has 0 N–H and O–H groups in total. The Hall–Kier alpha value is -2.06. The van der Waals surface area contributed by atoms with Gasteiger partial charge >= 0.3 is 0 Å². The fourth-order valence-corrected chi connectivity index (χ4v) is 1.09. The predicted molar refractivity (Wildman–Crippen MR) is 59.8 cm³/mol. The van der Waals surface area contributed by atoms with E-state index in [2.05, 4.69) is 11.8 Å². The first kappa shape index (κ1) is 11.0. The number of terminal acetylenes is 2. The summed E-state index contributed by atoms with van der Waals surface area (Å²) >= 11 is 0. The molecule has 2 heteroatoms. The van der Waals surface area contributed by atoms with Crippen LogP contribution in [0.25, 0.3) is 0 Å². The van der Waals surface area contributed by atoms with Gasteiger partial charge in [-0.2, -0.15) is 0 Å². The van der Waals surface area contributed by atoms with Gasteiger partial charge in [0.05, 0.1) is 0 Å². The summed E-state index contributed by atoms with van der Waals surface area (Å²) in [6.45, 7) is 2.40. The Balaban J connectivity index is 2.84. The van der Waals surface area contributed by atoms with Crippen molar-refractivity contribution in [2.45, 2.75) is 6.92 Å². The maximum atomic E-state index is 5.33. The zero-order chi connectivity index (χ0) is 11.1. The Kier molecular flexibility index (Phi) is 4.13. The van der Waals surface area contributed by atoms with Crippen LogP contribution in [0.5, 0.6) is 11.5 Å². The van der Waals surface area contributed by atoms with Gasteiger partial charge in [-0.1, -0.05) is 17.9 Å². The minimum atomic E-state index is 0.218. The highest BCUT2D eigenvalue weighted by Gasteiger charge is 2.04. The highest BCUT2D eigenvalue weighted by atomic mass is 16.5. The Morgan fingerprint density at radius 2 is 1.67 bits per heavy atom. The summed E-state index contributed by atoms with van der Waals surface area (Å²) in [6, 6.07) is 5.61. The molecule has 0 spiro atoms. The first-order chi connectivity index (χ1) is 7.27. The van der Waals surface area contributed by atoms with Crippen LogP contribution in [0.2, 0.25) is 0 Å². The lowest BCUT2D eigenvalue weighted by molar-refractivity contribution is 0.314. The van der Waals surface area contributed by atoms with Gasteiger partial charge in [0, 0.05) is 0 Å². The maximum absolute atomic E-state index is 5.33. The molecule has 15 heavy (non-hydrogen) atoms. The summed E-state index contributed by atoms with van der Waals surface area (Å²) in [5.74, 6) is 6.04. The van der Waals surface area contributed by atoms with Gasteiger partial charge in [0.1, 0.15) is 13.2 Å². The van der Waals surface area contributed by atoms with Crippen LogP contribution < -0.4 is 9.47 Å². The third-order valence-electron chi connectivity index (χ3n) is 1.72. The van der Waals surface area contributed by atoms with Crippen LogP contribution in [0.15, 0.2) is 18.2 Å². The summed E-state index contributed by atoms with van der Waals surface area (Å²) in [7, 11) is 0. The van der Waals surface area contributed by atoms with Crippen LogP contribution in [-0.2, 0) is 0 Å². The van der Waals surface area contributed by atoms with Crippen molar-refractivity contribution in [2.75, 3.05) is 13.2 Å². The standard InChI is InChI=1S/C13H12O2/c1-4-8-14-12-7-6-11(3)10-13(12)15-9-5-2/h1-2,6-7,10H,8-9H2,3H3. The van der Waals surface area contributed by atoms with Crippen LogP contribution in [-0.4, -0.2) is 13.2 Å². The molecule has 1 aromatic rings. The molecule has 0 unspecified atom stereocenters. The average molecular weight is 200 g/mol. The first-order valence-corrected chi connectivity index (χ1v) is 4.51. The van der Waals surface area contributed by atoms with E-state index in [-0.39, 0.29) is 13.2 Å². The summed E-state index contributed by atoms with van der Waals surface area (Å²) in [6.07, 6.45) is 10.2. The molecule has 0 bridgehead atoms. The molecule has 0 saturated heterocycles. The number of hydrogen-bond acceptors (Lipinski definition) is 2. The normalized spacial score (nSPS) is 8.73. The molecule has 0 aliphatic heterocycles. The average Bonchev–Trinajstić information content (AvgIpc) is 2.25. The molecular weight excluding hydrogens is 188 g/mol. The minimum absolute atomic E-state index is 0.218. The second-order valence-electron chi connectivity index (χ2n) is 2.94. The highest BCUT2D eigenvalue weighted by molar-refractivity contribution is 5.43. The zero-order valence-corrected chi connectivity index (χ0v) is 8.62. The van der Waals surface area contributed by atoms with Gasteiger partial charge in [-0.3, -0.25) is 0 Å². The van der Waals surface area contributed by atoms with E-state index >= 15 is 0 Å². The van der Waals surface area contributed by atoms with Gasteiger partial charge in [-0.25, -0.2) is 0 Å². The first-order valence-electron chi connectivity index (χ1n) is 4.51. The van der Waals surface area contributed by atoms with E-state index in [0.717, 1.165) is 5.56 Å². The third kappa shape index (κ3) is 3.29. The number of hydrogen-bond donors (Lipinski definition) is 0. The molecule has 1 rings (SSSR count). The SMILES string of the molecule is C#CCOc1ccc(C)cc1OCC#C. The molecule has 0 fully saturated rings. The van der Waals surface area contributed by atoms with Crippen molar-refractivity contribution in [1.29, 1.82) is 0 Å². The molecule has 0 saturated carbocycles. The summed E-state index contributed by atoms with van der Waals surface area (Å²) in [5.41, 5.74) is 1.08. The van der Waals surface area contributed by atoms with Crippen molar-refractivity contribution >= 4 is 0 Å². The fourth-order valence-electron chi connectivity index (χ4n) is 1.09. The summed E-state index contributed by atoms with van der Waals surface area (Å²) in [4.78, 5) is 0. The molecule has 0 heterocycles. The molecule has 0 atom stereocenters. The fraction of sp³-hybridized carbons (Fsp3) is 0.231. The van der Waals surface area contributed by atoms with Crippen LogP contribution >= 0.6 is 0 Å². The Morgan fingerprint density at radius 1 is 1.07 bits per heavy atom. The van der Waals surface area contributed by atoms with Gasteiger partial charge in [-0.15, -0.1) is 12.8 Å².